The van der Waals surface area contributed by atoms with E-state index in [0.717, 1.165) is 16.6 Å². The monoisotopic (exact) mass is 359 g/mol. The fourth-order valence-electron chi connectivity index (χ4n) is 2.63. The van der Waals surface area contributed by atoms with E-state index in [1.54, 1.807) is 11.1 Å². The van der Waals surface area contributed by atoms with E-state index in [1.165, 1.54) is 0 Å². The topological polar surface area (TPSA) is 36.4 Å². The number of rotatable bonds is 3. The average Bonchev–Trinajstić information content (AvgIpc) is 3.08. The van der Waals surface area contributed by atoms with Crippen molar-refractivity contribution < 1.29 is 13.6 Å². The number of pyridine rings is 1. The van der Waals surface area contributed by atoms with Crippen molar-refractivity contribution in [2.45, 2.75) is 18.9 Å². The minimum absolute atomic E-state index is 0.282. The van der Waals surface area contributed by atoms with E-state index in [2.05, 4.69) is 25.8 Å². The molecule has 7 heteroatoms. The largest absolute Gasteiger partial charge is 0.340 e. The van der Waals surface area contributed by atoms with Gasteiger partial charge < -0.3 is 4.90 Å². The molecule has 1 aromatic rings. The number of hydrogen-bond acceptors (Lipinski definition) is 3. The van der Waals surface area contributed by atoms with Crippen LogP contribution in [0.5, 0.6) is 0 Å². The highest BCUT2D eigenvalue weighted by atomic mass is 79.9. The Kier molecular flexibility index (Phi) is 3.96. The first-order chi connectivity index (χ1) is 9.95. The van der Waals surface area contributed by atoms with Crippen LogP contribution >= 0.6 is 15.9 Å². The summed E-state index contributed by atoms with van der Waals surface area (Å²) in [6.45, 7) is 3.21. The average molecular weight is 360 g/mol. The zero-order valence-corrected chi connectivity index (χ0v) is 13.0. The van der Waals surface area contributed by atoms with Crippen molar-refractivity contribution in [3.05, 3.63) is 28.5 Å². The molecule has 2 heterocycles. The van der Waals surface area contributed by atoms with E-state index in [-0.39, 0.29) is 12.3 Å². The highest BCUT2D eigenvalue weighted by molar-refractivity contribution is 9.10. The van der Waals surface area contributed by atoms with Crippen LogP contribution in [0.2, 0.25) is 0 Å². The van der Waals surface area contributed by atoms with Crippen molar-refractivity contribution in [3.8, 4) is 0 Å². The van der Waals surface area contributed by atoms with Gasteiger partial charge in [-0.25, -0.2) is 8.78 Å². The summed E-state index contributed by atoms with van der Waals surface area (Å²) in [5.74, 6) is -4.22. The molecular formula is C14H16BrF2N3O. The minimum Gasteiger partial charge on any atom is -0.340 e. The molecule has 1 aliphatic heterocycles. The molecule has 2 aliphatic rings. The van der Waals surface area contributed by atoms with Gasteiger partial charge >= 0.3 is 0 Å². The second-order valence-corrected chi connectivity index (χ2v) is 6.55. The Bertz CT molecular complexity index is 547. The third kappa shape index (κ3) is 3.40. The Labute approximate surface area is 130 Å². The summed E-state index contributed by atoms with van der Waals surface area (Å²) in [6, 6.07) is 2.01. The van der Waals surface area contributed by atoms with Gasteiger partial charge in [-0.3, -0.25) is 14.7 Å². The molecule has 0 aromatic carbocycles. The first-order valence-electron chi connectivity index (χ1n) is 6.94. The number of nitrogens with zero attached hydrogens (tertiary/aromatic N) is 3. The number of aromatic nitrogens is 1. The first-order valence-corrected chi connectivity index (χ1v) is 7.73. The molecule has 0 N–H and O–H groups in total. The minimum atomic E-state index is -2.77. The standard InChI is InChI=1S/C14H16BrF2N3O/c15-11-5-10(7-18-8-11)9-19-1-3-20(4-2-19)13(21)12-6-14(12,16)17/h5,7-8,12H,1-4,6,9H2. The maximum absolute atomic E-state index is 12.9. The number of piperazine rings is 1. The summed E-state index contributed by atoms with van der Waals surface area (Å²) in [4.78, 5) is 19.8. The predicted octanol–water partition coefficient (Wildman–Crippen LogP) is 2.14. The molecule has 4 nitrogen and oxygen atoms in total. The van der Waals surface area contributed by atoms with Crippen LogP contribution in [0.25, 0.3) is 0 Å². The van der Waals surface area contributed by atoms with Crippen LogP contribution in [0.1, 0.15) is 12.0 Å². The summed E-state index contributed by atoms with van der Waals surface area (Å²) in [6.07, 6.45) is 3.26. The molecule has 1 aromatic heterocycles. The molecule has 114 valence electrons. The summed E-state index contributed by atoms with van der Waals surface area (Å²) < 4.78 is 26.8. The quantitative estimate of drug-likeness (QED) is 0.829. The van der Waals surface area contributed by atoms with Crippen LogP contribution in [-0.4, -0.2) is 52.8 Å². The van der Waals surface area contributed by atoms with Gasteiger partial charge in [0.05, 0.1) is 0 Å². The molecule has 0 radical (unpaired) electrons. The van der Waals surface area contributed by atoms with Crippen molar-refractivity contribution in [2.24, 2.45) is 5.92 Å². The molecule has 0 spiro atoms. The second-order valence-electron chi connectivity index (χ2n) is 5.63. The van der Waals surface area contributed by atoms with Gasteiger partial charge in [-0.2, -0.15) is 0 Å². The van der Waals surface area contributed by atoms with Crippen molar-refractivity contribution in [1.29, 1.82) is 0 Å². The zero-order chi connectivity index (χ0) is 15.0. The summed E-state index contributed by atoms with van der Waals surface area (Å²) >= 11 is 3.38. The van der Waals surface area contributed by atoms with E-state index in [9.17, 15) is 13.6 Å². The molecule has 0 bridgehead atoms. The summed E-state index contributed by atoms with van der Waals surface area (Å²) in [5.41, 5.74) is 1.10. The molecule has 1 unspecified atom stereocenters. The number of hydrogen-bond donors (Lipinski definition) is 0. The van der Waals surface area contributed by atoms with Crippen molar-refractivity contribution in [3.63, 3.8) is 0 Å². The van der Waals surface area contributed by atoms with Crippen LogP contribution in [0, 0.1) is 5.92 Å². The predicted molar refractivity (Wildman–Crippen MR) is 76.8 cm³/mol. The molecule has 3 rings (SSSR count). The summed E-state index contributed by atoms with van der Waals surface area (Å²) in [7, 11) is 0. The van der Waals surface area contributed by atoms with Crippen LogP contribution in [0.3, 0.4) is 0 Å². The van der Waals surface area contributed by atoms with Crippen LogP contribution in [-0.2, 0) is 11.3 Å². The van der Waals surface area contributed by atoms with Gasteiger partial charge in [0.25, 0.3) is 5.92 Å². The number of halogens is 3. The van der Waals surface area contributed by atoms with E-state index in [1.807, 2.05) is 12.3 Å². The first kappa shape index (κ1) is 14.8. The Morgan fingerprint density at radius 2 is 2.00 bits per heavy atom. The molecular weight excluding hydrogens is 344 g/mol. The second kappa shape index (κ2) is 5.61. The van der Waals surface area contributed by atoms with Crippen molar-refractivity contribution >= 4 is 21.8 Å². The Morgan fingerprint density at radius 1 is 1.33 bits per heavy atom. The number of carbonyl (C=O) groups is 1. The normalized spacial score (nSPS) is 24.9. The van der Waals surface area contributed by atoms with Gasteiger partial charge in [0.1, 0.15) is 5.92 Å². The van der Waals surface area contributed by atoms with E-state index >= 15 is 0 Å². The Morgan fingerprint density at radius 3 is 2.57 bits per heavy atom. The molecule has 1 saturated heterocycles. The van der Waals surface area contributed by atoms with E-state index in [4.69, 9.17) is 0 Å². The van der Waals surface area contributed by atoms with E-state index < -0.39 is 11.8 Å². The number of alkyl halides is 2. The van der Waals surface area contributed by atoms with Gasteiger partial charge in [0, 0.05) is 56.0 Å². The maximum atomic E-state index is 12.9. The van der Waals surface area contributed by atoms with Crippen LogP contribution in [0.4, 0.5) is 8.78 Å². The highest BCUT2D eigenvalue weighted by Crippen LogP contribution is 2.49. The van der Waals surface area contributed by atoms with E-state index in [0.29, 0.717) is 26.2 Å². The van der Waals surface area contributed by atoms with Crippen molar-refractivity contribution in [2.75, 3.05) is 26.2 Å². The van der Waals surface area contributed by atoms with Gasteiger partial charge in [-0.15, -0.1) is 0 Å². The molecule has 1 atom stereocenters. The SMILES string of the molecule is O=C(C1CC1(F)F)N1CCN(Cc2cncc(Br)c2)CC1. The summed E-state index contributed by atoms with van der Waals surface area (Å²) in [5, 5.41) is 0. The third-order valence-electron chi connectivity index (χ3n) is 3.98. The highest BCUT2D eigenvalue weighted by Gasteiger charge is 2.62. The van der Waals surface area contributed by atoms with Crippen LogP contribution in [0.15, 0.2) is 22.9 Å². The van der Waals surface area contributed by atoms with Gasteiger partial charge in [-0.05, 0) is 27.6 Å². The van der Waals surface area contributed by atoms with Crippen LogP contribution < -0.4 is 0 Å². The fraction of sp³-hybridized carbons (Fsp3) is 0.571. The fourth-order valence-corrected chi connectivity index (χ4v) is 3.04. The van der Waals surface area contributed by atoms with Gasteiger partial charge in [-0.1, -0.05) is 0 Å². The maximum Gasteiger partial charge on any atom is 0.260 e. The lowest BCUT2D eigenvalue weighted by Crippen LogP contribution is -2.49. The smallest absolute Gasteiger partial charge is 0.260 e. The lowest BCUT2D eigenvalue weighted by Gasteiger charge is -2.34. The molecule has 1 aliphatic carbocycles. The molecule has 21 heavy (non-hydrogen) atoms. The Hall–Kier alpha value is -1.08. The van der Waals surface area contributed by atoms with Crippen molar-refractivity contribution in [1.82, 2.24) is 14.8 Å². The zero-order valence-electron chi connectivity index (χ0n) is 11.4. The molecule has 1 amide bonds. The molecule has 1 saturated carbocycles. The Balaban J connectivity index is 1.50. The van der Waals surface area contributed by atoms with Gasteiger partial charge in [0.15, 0.2) is 0 Å². The lowest BCUT2D eigenvalue weighted by atomic mass is 10.2. The van der Waals surface area contributed by atoms with Gasteiger partial charge in [0.2, 0.25) is 5.91 Å². The number of amides is 1. The number of carbonyl (C=O) groups excluding carboxylic acids is 1. The lowest BCUT2D eigenvalue weighted by molar-refractivity contribution is -0.136. The third-order valence-corrected chi connectivity index (χ3v) is 4.41. The molecule has 2 fully saturated rings.